The first-order valence-electron chi connectivity index (χ1n) is 5.21. The van der Waals surface area contributed by atoms with Crippen molar-refractivity contribution in [2.75, 3.05) is 5.33 Å². The molecule has 0 amide bonds. The number of aryl methyl sites for hydroxylation is 1. The highest BCUT2D eigenvalue weighted by Gasteiger charge is 2.05. The Kier molecular flexibility index (Phi) is 2.94. The second-order valence-corrected chi connectivity index (χ2v) is 5.34. The fourth-order valence-corrected chi connectivity index (χ4v) is 2.77. The first kappa shape index (κ1) is 10.9. The molecule has 0 saturated carbocycles. The molecule has 3 aromatic rings. The van der Waals surface area contributed by atoms with Crippen molar-refractivity contribution in [3.8, 4) is 0 Å². The Hall–Kier alpha value is -1.21. The normalized spacial score (nSPS) is 11.4. The molecule has 0 aliphatic rings. The Bertz CT molecular complexity index is 597. The van der Waals surface area contributed by atoms with Gasteiger partial charge in [-0.1, -0.05) is 21.1 Å². The van der Waals surface area contributed by atoms with Crippen LogP contribution in [0.4, 0.5) is 0 Å². The number of aromatic nitrogens is 5. The summed E-state index contributed by atoms with van der Waals surface area (Å²) in [5.74, 6) is 0. The lowest BCUT2D eigenvalue weighted by atomic mass is 10.4. The summed E-state index contributed by atoms with van der Waals surface area (Å²) in [6.07, 6.45) is 6.90. The predicted octanol–water partition coefficient (Wildman–Crippen LogP) is 1.97. The lowest BCUT2D eigenvalue weighted by Gasteiger charge is -1.94. The van der Waals surface area contributed by atoms with E-state index >= 15 is 0 Å². The number of nitrogens with zero attached hydrogens (tertiary/aromatic N) is 5. The first-order valence-corrected chi connectivity index (χ1v) is 7.21. The lowest BCUT2D eigenvalue weighted by molar-refractivity contribution is 0.640. The topological polar surface area (TPSA) is 48.0 Å². The van der Waals surface area contributed by atoms with Gasteiger partial charge in [-0.3, -0.25) is 4.40 Å². The Morgan fingerprint density at radius 1 is 1.29 bits per heavy atom. The highest BCUT2D eigenvalue weighted by Crippen LogP contribution is 2.12. The molecular formula is C10H10BrN5S. The molecule has 0 aliphatic carbocycles. The maximum atomic E-state index is 4.51. The van der Waals surface area contributed by atoms with Crippen LogP contribution < -0.4 is 0 Å². The van der Waals surface area contributed by atoms with E-state index in [9.17, 15) is 0 Å². The average molecular weight is 312 g/mol. The number of halogens is 1. The number of hydrogen-bond donors (Lipinski definition) is 0. The van der Waals surface area contributed by atoms with Gasteiger partial charge in [-0.15, -0.1) is 16.4 Å². The van der Waals surface area contributed by atoms with E-state index in [-0.39, 0.29) is 0 Å². The summed E-state index contributed by atoms with van der Waals surface area (Å²) in [4.78, 5) is 5.52. The zero-order valence-electron chi connectivity index (χ0n) is 8.95. The van der Waals surface area contributed by atoms with E-state index in [4.69, 9.17) is 0 Å². The van der Waals surface area contributed by atoms with Gasteiger partial charge in [-0.05, 0) is 0 Å². The third-order valence-electron chi connectivity index (χ3n) is 2.40. The minimum Gasteiger partial charge on any atom is -0.297 e. The molecule has 0 bridgehead atoms. The zero-order chi connectivity index (χ0) is 11.7. The van der Waals surface area contributed by atoms with Crippen LogP contribution in [0.5, 0.6) is 0 Å². The standard InChI is InChI=1S/C10H10BrN5S/c11-2-1-8-6-16(14-13-8)7-9-5-15-3-4-17-10(15)12-9/h3-6H,1-2,7H2. The number of hydrogen-bond acceptors (Lipinski definition) is 4. The molecule has 0 saturated heterocycles. The summed E-state index contributed by atoms with van der Waals surface area (Å²) in [7, 11) is 0. The van der Waals surface area contributed by atoms with E-state index in [1.54, 1.807) is 11.3 Å². The van der Waals surface area contributed by atoms with Crippen LogP contribution in [0.15, 0.2) is 24.0 Å². The van der Waals surface area contributed by atoms with Gasteiger partial charge in [0.05, 0.1) is 17.9 Å². The minimum absolute atomic E-state index is 0.670. The molecule has 88 valence electrons. The largest absolute Gasteiger partial charge is 0.297 e. The van der Waals surface area contributed by atoms with Gasteiger partial charge in [0.25, 0.3) is 0 Å². The van der Waals surface area contributed by atoms with E-state index in [0.717, 1.165) is 28.1 Å². The molecular weight excluding hydrogens is 302 g/mol. The Morgan fingerprint density at radius 2 is 2.24 bits per heavy atom. The Balaban J connectivity index is 1.79. The smallest absolute Gasteiger partial charge is 0.193 e. The molecule has 0 atom stereocenters. The fraction of sp³-hybridized carbons (Fsp3) is 0.300. The van der Waals surface area contributed by atoms with Crippen molar-refractivity contribution in [3.63, 3.8) is 0 Å². The van der Waals surface area contributed by atoms with Crippen molar-refractivity contribution in [2.24, 2.45) is 0 Å². The average Bonchev–Trinajstić information content (AvgIpc) is 2.95. The van der Waals surface area contributed by atoms with Crippen LogP contribution in [0, 0.1) is 0 Å². The molecule has 0 fully saturated rings. The number of fused-ring (bicyclic) bond motifs is 1. The van der Waals surface area contributed by atoms with Crippen molar-refractivity contribution in [3.05, 3.63) is 35.4 Å². The van der Waals surface area contributed by atoms with Crippen LogP contribution in [0.2, 0.25) is 0 Å². The summed E-state index contributed by atoms with van der Waals surface area (Å²) in [6, 6.07) is 0. The number of alkyl halides is 1. The van der Waals surface area contributed by atoms with Crippen molar-refractivity contribution >= 4 is 32.2 Å². The van der Waals surface area contributed by atoms with Gasteiger partial charge < -0.3 is 0 Å². The minimum atomic E-state index is 0.670. The summed E-state index contributed by atoms with van der Waals surface area (Å²) in [5.41, 5.74) is 2.01. The second-order valence-electron chi connectivity index (χ2n) is 3.67. The van der Waals surface area contributed by atoms with Crippen LogP contribution >= 0.6 is 27.3 Å². The van der Waals surface area contributed by atoms with Crippen LogP contribution in [-0.2, 0) is 13.0 Å². The second kappa shape index (κ2) is 4.58. The molecule has 3 aromatic heterocycles. The molecule has 0 radical (unpaired) electrons. The van der Waals surface area contributed by atoms with Crippen LogP contribution in [0.25, 0.3) is 4.96 Å². The molecule has 3 rings (SSSR count). The third kappa shape index (κ3) is 2.25. The lowest BCUT2D eigenvalue weighted by Crippen LogP contribution is -2.00. The summed E-state index contributed by atoms with van der Waals surface area (Å²) in [6.45, 7) is 0.670. The summed E-state index contributed by atoms with van der Waals surface area (Å²) >= 11 is 5.02. The van der Waals surface area contributed by atoms with Crippen molar-refractivity contribution < 1.29 is 0 Å². The highest BCUT2D eigenvalue weighted by atomic mass is 79.9. The monoisotopic (exact) mass is 311 g/mol. The quantitative estimate of drug-likeness (QED) is 0.692. The zero-order valence-corrected chi connectivity index (χ0v) is 11.4. The highest BCUT2D eigenvalue weighted by molar-refractivity contribution is 9.09. The van der Waals surface area contributed by atoms with Crippen LogP contribution in [0.3, 0.4) is 0 Å². The van der Waals surface area contributed by atoms with E-state index in [1.165, 1.54) is 0 Å². The fourth-order valence-electron chi connectivity index (χ4n) is 1.65. The number of rotatable bonds is 4. The van der Waals surface area contributed by atoms with Gasteiger partial charge in [-0.2, -0.15) is 0 Å². The van der Waals surface area contributed by atoms with Gasteiger partial charge in [0.1, 0.15) is 0 Å². The Morgan fingerprint density at radius 3 is 3.06 bits per heavy atom. The summed E-state index contributed by atoms with van der Waals surface area (Å²) in [5, 5.41) is 11.1. The van der Waals surface area contributed by atoms with Crippen molar-refractivity contribution in [2.45, 2.75) is 13.0 Å². The molecule has 0 aromatic carbocycles. The maximum Gasteiger partial charge on any atom is 0.193 e. The number of thiazole rings is 1. The van der Waals surface area contributed by atoms with Gasteiger partial charge in [-0.25, -0.2) is 9.67 Å². The predicted molar refractivity (Wildman–Crippen MR) is 69.7 cm³/mol. The molecule has 0 unspecified atom stereocenters. The molecule has 0 N–H and O–H groups in total. The summed E-state index contributed by atoms with van der Waals surface area (Å²) < 4.78 is 3.85. The van der Waals surface area contributed by atoms with Gasteiger partial charge in [0.15, 0.2) is 4.96 Å². The SMILES string of the molecule is BrCCc1cn(Cc2cn3ccsc3n2)nn1. The number of imidazole rings is 1. The van der Waals surface area contributed by atoms with Crippen LogP contribution in [0.1, 0.15) is 11.4 Å². The van der Waals surface area contributed by atoms with Gasteiger partial charge in [0, 0.05) is 35.7 Å². The van der Waals surface area contributed by atoms with E-state index in [2.05, 4.69) is 31.2 Å². The van der Waals surface area contributed by atoms with E-state index < -0.39 is 0 Å². The van der Waals surface area contributed by atoms with Crippen LogP contribution in [-0.4, -0.2) is 29.7 Å². The Labute approximate surface area is 110 Å². The maximum absolute atomic E-state index is 4.51. The molecule has 0 spiro atoms. The van der Waals surface area contributed by atoms with Gasteiger partial charge >= 0.3 is 0 Å². The molecule has 7 heteroatoms. The third-order valence-corrected chi connectivity index (χ3v) is 3.57. The molecule has 5 nitrogen and oxygen atoms in total. The van der Waals surface area contributed by atoms with Gasteiger partial charge in [0.2, 0.25) is 0 Å². The molecule has 17 heavy (non-hydrogen) atoms. The first-order chi connectivity index (χ1) is 8.35. The van der Waals surface area contributed by atoms with E-state index in [0.29, 0.717) is 6.54 Å². The van der Waals surface area contributed by atoms with Crippen molar-refractivity contribution in [1.82, 2.24) is 24.4 Å². The molecule has 3 heterocycles. The van der Waals surface area contributed by atoms with E-state index in [1.807, 2.05) is 33.1 Å². The van der Waals surface area contributed by atoms with Crippen molar-refractivity contribution in [1.29, 1.82) is 0 Å². The molecule has 0 aliphatic heterocycles.